The van der Waals surface area contributed by atoms with E-state index in [1.54, 1.807) is 42.6 Å². The zero-order chi connectivity index (χ0) is 21.3. The van der Waals surface area contributed by atoms with Crippen molar-refractivity contribution in [3.8, 4) is 11.3 Å². The number of esters is 1. The first-order valence-electron chi connectivity index (χ1n) is 9.72. The van der Waals surface area contributed by atoms with Crippen molar-refractivity contribution in [2.75, 3.05) is 37.0 Å². The van der Waals surface area contributed by atoms with Crippen LogP contribution in [0.15, 0.2) is 47.8 Å². The summed E-state index contributed by atoms with van der Waals surface area (Å²) in [4.78, 5) is 33.2. The number of amides is 1. The van der Waals surface area contributed by atoms with Crippen LogP contribution in [0.3, 0.4) is 0 Å². The summed E-state index contributed by atoms with van der Waals surface area (Å²) in [7, 11) is 3.03. The van der Waals surface area contributed by atoms with Crippen LogP contribution < -0.4 is 9.80 Å². The number of nitrogens with zero attached hydrogens (tertiary/aromatic N) is 3. The van der Waals surface area contributed by atoms with Crippen molar-refractivity contribution < 1.29 is 14.3 Å². The van der Waals surface area contributed by atoms with Gasteiger partial charge in [0, 0.05) is 30.2 Å². The molecular weight excluding hydrogens is 398 g/mol. The van der Waals surface area contributed by atoms with Crippen LogP contribution in [0.25, 0.3) is 11.3 Å². The molecule has 0 bridgehead atoms. The molecule has 0 atom stereocenters. The number of anilines is 2. The Labute approximate surface area is 179 Å². The van der Waals surface area contributed by atoms with Crippen molar-refractivity contribution in [3.05, 3.63) is 64.0 Å². The fourth-order valence-corrected chi connectivity index (χ4v) is 4.36. The molecule has 0 radical (unpaired) electrons. The SMILES string of the molecule is COC(=O)c1ccccc1N(C)C(=O)CN1CCc2cc(-c3csc(C)n3)ccc21. The van der Waals surface area contributed by atoms with Crippen LogP contribution in [0.2, 0.25) is 0 Å². The molecule has 1 aliphatic heterocycles. The Hall–Kier alpha value is -3.19. The molecule has 0 saturated carbocycles. The normalized spacial score (nSPS) is 12.6. The summed E-state index contributed by atoms with van der Waals surface area (Å²) in [5.74, 6) is -0.542. The molecule has 6 nitrogen and oxygen atoms in total. The van der Waals surface area contributed by atoms with Crippen molar-refractivity contribution in [2.24, 2.45) is 0 Å². The van der Waals surface area contributed by atoms with Gasteiger partial charge < -0.3 is 14.5 Å². The van der Waals surface area contributed by atoms with Gasteiger partial charge in [-0.2, -0.15) is 0 Å². The minimum atomic E-state index is -0.457. The van der Waals surface area contributed by atoms with Crippen molar-refractivity contribution in [3.63, 3.8) is 0 Å². The molecule has 0 fully saturated rings. The number of hydrogen-bond acceptors (Lipinski definition) is 6. The minimum Gasteiger partial charge on any atom is -0.465 e. The van der Waals surface area contributed by atoms with Crippen molar-refractivity contribution in [2.45, 2.75) is 13.3 Å². The Balaban J connectivity index is 1.51. The Kier molecular flexibility index (Phi) is 5.55. The molecule has 154 valence electrons. The van der Waals surface area contributed by atoms with Gasteiger partial charge in [0.25, 0.3) is 0 Å². The molecule has 30 heavy (non-hydrogen) atoms. The minimum absolute atomic E-state index is 0.0848. The monoisotopic (exact) mass is 421 g/mol. The highest BCUT2D eigenvalue weighted by Gasteiger charge is 2.25. The van der Waals surface area contributed by atoms with Gasteiger partial charge in [-0.25, -0.2) is 9.78 Å². The van der Waals surface area contributed by atoms with Gasteiger partial charge in [0.15, 0.2) is 0 Å². The maximum atomic E-state index is 13.0. The zero-order valence-corrected chi connectivity index (χ0v) is 18.0. The van der Waals surface area contributed by atoms with E-state index in [9.17, 15) is 9.59 Å². The number of aromatic nitrogens is 1. The summed E-state index contributed by atoms with van der Waals surface area (Å²) in [5, 5.41) is 3.12. The van der Waals surface area contributed by atoms with Crippen LogP contribution in [-0.4, -0.2) is 44.1 Å². The van der Waals surface area contributed by atoms with E-state index in [-0.39, 0.29) is 12.5 Å². The van der Waals surface area contributed by atoms with E-state index in [1.165, 1.54) is 17.6 Å². The lowest BCUT2D eigenvalue weighted by molar-refractivity contribution is -0.117. The number of rotatable bonds is 5. The topological polar surface area (TPSA) is 62.7 Å². The lowest BCUT2D eigenvalue weighted by atomic mass is 10.1. The van der Waals surface area contributed by atoms with Gasteiger partial charge in [-0.15, -0.1) is 11.3 Å². The van der Waals surface area contributed by atoms with Crippen LogP contribution in [0.4, 0.5) is 11.4 Å². The predicted molar refractivity (Wildman–Crippen MR) is 119 cm³/mol. The Morgan fingerprint density at radius 1 is 1.23 bits per heavy atom. The highest BCUT2D eigenvalue weighted by molar-refractivity contribution is 7.09. The Bertz CT molecular complexity index is 1110. The van der Waals surface area contributed by atoms with E-state index in [4.69, 9.17) is 4.74 Å². The lowest BCUT2D eigenvalue weighted by Gasteiger charge is -2.24. The number of likely N-dealkylation sites (N-methyl/N-ethyl adjacent to an activating group) is 1. The van der Waals surface area contributed by atoms with Crippen LogP contribution in [0, 0.1) is 6.92 Å². The molecule has 0 aliphatic carbocycles. The summed E-state index contributed by atoms with van der Waals surface area (Å²) in [6, 6.07) is 13.3. The van der Waals surface area contributed by atoms with Gasteiger partial charge >= 0.3 is 5.97 Å². The van der Waals surface area contributed by atoms with Crippen molar-refractivity contribution in [1.82, 2.24) is 4.98 Å². The van der Waals surface area contributed by atoms with Crippen LogP contribution in [0.5, 0.6) is 0 Å². The third-order valence-corrected chi connectivity index (χ3v) is 6.13. The second kappa shape index (κ2) is 8.28. The fourth-order valence-electron chi connectivity index (χ4n) is 3.74. The smallest absolute Gasteiger partial charge is 0.339 e. The third kappa shape index (κ3) is 3.80. The van der Waals surface area contributed by atoms with Gasteiger partial charge in [-0.05, 0) is 43.2 Å². The maximum absolute atomic E-state index is 13.0. The molecule has 1 amide bonds. The number of carbonyl (C=O) groups excluding carboxylic acids is 2. The molecule has 0 N–H and O–H groups in total. The Morgan fingerprint density at radius 2 is 2.03 bits per heavy atom. The molecule has 7 heteroatoms. The highest BCUT2D eigenvalue weighted by atomic mass is 32.1. The number of aryl methyl sites for hydroxylation is 1. The van der Waals surface area contributed by atoms with Crippen LogP contribution >= 0.6 is 11.3 Å². The average molecular weight is 422 g/mol. The first-order valence-corrected chi connectivity index (χ1v) is 10.6. The molecular formula is C23H23N3O3S. The molecule has 1 aliphatic rings. The van der Waals surface area contributed by atoms with Crippen molar-refractivity contribution >= 4 is 34.6 Å². The van der Waals surface area contributed by atoms with Crippen LogP contribution in [-0.2, 0) is 16.0 Å². The molecule has 0 saturated heterocycles. The maximum Gasteiger partial charge on any atom is 0.339 e. The summed E-state index contributed by atoms with van der Waals surface area (Å²) in [6.07, 6.45) is 0.891. The number of thiazole rings is 1. The highest BCUT2D eigenvalue weighted by Crippen LogP contribution is 2.33. The third-order valence-electron chi connectivity index (χ3n) is 5.36. The second-order valence-corrected chi connectivity index (χ2v) is 8.29. The fraction of sp³-hybridized carbons (Fsp3) is 0.261. The molecule has 0 unspecified atom stereocenters. The number of ether oxygens (including phenoxy) is 1. The average Bonchev–Trinajstić information content (AvgIpc) is 3.38. The van der Waals surface area contributed by atoms with E-state index < -0.39 is 5.97 Å². The molecule has 4 rings (SSSR count). The first-order chi connectivity index (χ1) is 14.5. The van der Waals surface area contributed by atoms with Gasteiger partial charge in [0.05, 0.1) is 35.6 Å². The van der Waals surface area contributed by atoms with Crippen molar-refractivity contribution in [1.29, 1.82) is 0 Å². The summed E-state index contributed by atoms with van der Waals surface area (Å²) in [5.41, 5.74) is 5.32. The standard InChI is InChI=1S/C23H23N3O3S/c1-15-24-19(14-30-15)16-8-9-20-17(12-16)10-11-26(20)13-22(27)25(2)21-7-5-4-6-18(21)23(28)29-3/h4-9,12,14H,10-11,13H2,1-3H3. The van der Waals surface area contributed by atoms with E-state index >= 15 is 0 Å². The molecule has 2 heterocycles. The lowest BCUT2D eigenvalue weighted by Crippen LogP contribution is -2.38. The van der Waals surface area contributed by atoms with E-state index in [2.05, 4.69) is 33.5 Å². The number of carbonyl (C=O) groups is 2. The molecule has 0 spiro atoms. The van der Waals surface area contributed by atoms with Gasteiger partial charge in [0.1, 0.15) is 0 Å². The number of methoxy groups -OCH3 is 1. The largest absolute Gasteiger partial charge is 0.465 e. The first kappa shape index (κ1) is 20.1. The second-order valence-electron chi connectivity index (χ2n) is 7.23. The summed E-state index contributed by atoms with van der Waals surface area (Å²) < 4.78 is 4.84. The quantitative estimate of drug-likeness (QED) is 0.584. The van der Waals surface area contributed by atoms with E-state index in [0.29, 0.717) is 11.3 Å². The molecule has 3 aromatic rings. The number of para-hydroxylation sites is 1. The number of fused-ring (bicyclic) bond motifs is 1. The van der Waals surface area contributed by atoms with Crippen LogP contribution in [0.1, 0.15) is 20.9 Å². The molecule has 1 aromatic heterocycles. The van der Waals surface area contributed by atoms with Gasteiger partial charge in [-0.3, -0.25) is 4.79 Å². The Morgan fingerprint density at radius 3 is 2.77 bits per heavy atom. The zero-order valence-electron chi connectivity index (χ0n) is 17.2. The van der Waals surface area contributed by atoms with Gasteiger partial charge in [-0.1, -0.05) is 18.2 Å². The van der Waals surface area contributed by atoms with E-state index in [0.717, 1.165) is 34.9 Å². The predicted octanol–water partition coefficient (Wildman–Crippen LogP) is 3.93. The van der Waals surface area contributed by atoms with Gasteiger partial charge in [0.2, 0.25) is 5.91 Å². The van der Waals surface area contributed by atoms with E-state index in [1.807, 2.05) is 6.92 Å². The molecule has 2 aromatic carbocycles. The number of benzene rings is 2. The summed E-state index contributed by atoms with van der Waals surface area (Å²) in [6.45, 7) is 3.03. The number of hydrogen-bond donors (Lipinski definition) is 0. The summed E-state index contributed by atoms with van der Waals surface area (Å²) >= 11 is 1.64.